The highest BCUT2D eigenvalue weighted by atomic mass is 16.2. The Kier molecular flexibility index (Phi) is 3.60. The third-order valence-corrected chi connectivity index (χ3v) is 4.81. The van der Waals surface area contributed by atoms with Crippen molar-refractivity contribution in [3.63, 3.8) is 0 Å². The molecule has 4 heteroatoms. The zero-order valence-corrected chi connectivity index (χ0v) is 13.8. The summed E-state index contributed by atoms with van der Waals surface area (Å²) in [5.41, 5.74) is 4.38. The molecule has 0 aromatic heterocycles. The molecule has 24 heavy (non-hydrogen) atoms. The number of benzene rings is 2. The van der Waals surface area contributed by atoms with Gasteiger partial charge in [-0.2, -0.15) is 0 Å². The van der Waals surface area contributed by atoms with Crippen molar-refractivity contribution in [3.8, 4) is 0 Å². The van der Waals surface area contributed by atoms with Gasteiger partial charge in [0, 0.05) is 18.8 Å². The molecule has 0 bridgehead atoms. The zero-order valence-electron chi connectivity index (χ0n) is 13.8. The Balaban J connectivity index is 1.62. The molecule has 0 atom stereocenters. The predicted octanol–water partition coefficient (Wildman–Crippen LogP) is 3.39. The molecule has 2 aromatic carbocycles. The van der Waals surface area contributed by atoms with Crippen molar-refractivity contribution >= 4 is 17.5 Å². The number of aryl methyl sites for hydroxylation is 1. The summed E-state index contributed by atoms with van der Waals surface area (Å²) in [4.78, 5) is 28.8. The van der Waals surface area contributed by atoms with Crippen LogP contribution in [0.25, 0.3) is 0 Å². The summed E-state index contributed by atoms with van der Waals surface area (Å²) in [6.07, 6.45) is 2.45. The van der Waals surface area contributed by atoms with Crippen LogP contribution in [-0.4, -0.2) is 29.8 Å². The molecule has 0 unspecified atom stereocenters. The highest BCUT2D eigenvalue weighted by Crippen LogP contribution is 2.27. The Morgan fingerprint density at radius 2 is 1.54 bits per heavy atom. The van der Waals surface area contributed by atoms with Crippen molar-refractivity contribution in [3.05, 3.63) is 64.7 Å². The number of fused-ring (bicyclic) bond motifs is 1. The van der Waals surface area contributed by atoms with Crippen molar-refractivity contribution in [2.24, 2.45) is 0 Å². The Morgan fingerprint density at radius 3 is 2.17 bits per heavy atom. The van der Waals surface area contributed by atoms with Crippen LogP contribution in [0.3, 0.4) is 0 Å². The molecule has 2 aromatic rings. The van der Waals surface area contributed by atoms with Gasteiger partial charge in [-0.15, -0.1) is 0 Å². The van der Waals surface area contributed by atoms with Gasteiger partial charge >= 0.3 is 0 Å². The maximum Gasteiger partial charge on any atom is 0.261 e. The van der Waals surface area contributed by atoms with Gasteiger partial charge in [-0.1, -0.05) is 18.2 Å². The van der Waals surface area contributed by atoms with Gasteiger partial charge in [0.05, 0.1) is 17.7 Å². The second kappa shape index (κ2) is 5.78. The van der Waals surface area contributed by atoms with Crippen molar-refractivity contribution in [1.29, 1.82) is 0 Å². The van der Waals surface area contributed by atoms with E-state index in [9.17, 15) is 9.59 Å². The van der Waals surface area contributed by atoms with Gasteiger partial charge in [0.1, 0.15) is 0 Å². The minimum absolute atomic E-state index is 0.195. The van der Waals surface area contributed by atoms with E-state index in [1.165, 1.54) is 23.4 Å². The average molecular weight is 320 g/mol. The summed E-state index contributed by atoms with van der Waals surface area (Å²) in [6.45, 7) is 4.55. The molecule has 4 rings (SSSR count). The molecular formula is C20H20N2O2. The lowest BCUT2D eigenvalue weighted by molar-refractivity contribution is 0.0642. The fourth-order valence-electron chi connectivity index (χ4n) is 3.66. The van der Waals surface area contributed by atoms with E-state index in [2.05, 4.69) is 30.0 Å². The summed E-state index contributed by atoms with van der Waals surface area (Å²) in [5, 5.41) is 0. The first-order valence-corrected chi connectivity index (χ1v) is 8.44. The Morgan fingerprint density at radius 1 is 0.917 bits per heavy atom. The van der Waals surface area contributed by atoms with Gasteiger partial charge in [0.2, 0.25) is 0 Å². The molecule has 2 amide bonds. The lowest BCUT2D eigenvalue weighted by Gasteiger charge is -2.21. The van der Waals surface area contributed by atoms with E-state index in [-0.39, 0.29) is 11.8 Å². The smallest absolute Gasteiger partial charge is 0.261 e. The molecule has 0 aliphatic carbocycles. The number of rotatable bonds is 3. The van der Waals surface area contributed by atoms with Crippen LogP contribution >= 0.6 is 0 Å². The number of anilines is 1. The normalized spacial score (nSPS) is 16.9. The number of carbonyl (C=O) groups is 2. The van der Waals surface area contributed by atoms with E-state index in [1.807, 2.05) is 0 Å². The van der Waals surface area contributed by atoms with Crippen LogP contribution in [-0.2, 0) is 6.54 Å². The molecule has 2 aliphatic rings. The molecule has 0 N–H and O–H groups in total. The molecule has 0 saturated carbocycles. The van der Waals surface area contributed by atoms with E-state index >= 15 is 0 Å². The van der Waals surface area contributed by atoms with E-state index in [0.29, 0.717) is 17.7 Å². The fraction of sp³-hybridized carbons (Fsp3) is 0.300. The summed E-state index contributed by atoms with van der Waals surface area (Å²) < 4.78 is 0. The molecule has 1 fully saturated rings. The van der Waals surface area contributed by atoms with E-state index in [0.717, 1.165) is 24.2 Å². The maximum atomic E-state index is 12.5. The van der Waals surface area contributed by atoms with Crippen LogP contribution in [0.1, 0.15) is 44.7 Å². The molecule has 1 saturated heterocycles. The van der Waals surface area contributed by atoms with Crippen LogP contribution in [0.4, 0.5) is 5.69 Å². The summed E-state index contributed by atoms with van der Waals surface area (Å²) in [6, 6.07) is 13.4. The standard InChI is InChI=1S/C20H20N2O2/c1-14-10-15(12-16(11-14)21-8-4-5-9-21)13-22-19(23)17-6-2-3-7-18(17)20(22)24/h2-3,6-7,10-12H,4-5,8-9,13H2,1H3. The zero-order chi connectivity index (χ0) is 16.7. The molecule has 2 heterocycles. The van der Waals surface area contributed by atoms with Gasteiger partial charge in [-0.05, 0) is 55.2 Å². The average Bonchev–Trinajstić information content (AvgIpc) is 3.19. The summed E-state index contributed by atoms with van der Waals surface area (Å²) in [5.74, 6) is -0.389. The highest BCUT2D eigenvalue weighted by Gasteiger charge is 2.35. The molecular weight excluding hydrogens is 300 g/mol. The molecule has 0 spiro atoms. The van der Waals surface area contributed by atoms with Crippen molar-refractivity contribution in [2.45, 2.75) is 26.3 Å². The van der Waals surface area contributed by atoms with Crippen molar-refractivity contribution < 1.29 is 9.59 Å². The first kappa shape index (κ1) is 14.9. The SMILES string of the molecule is Cc1cc(CN2C(=O)c3ccccc3C2=O)cc(N2CCCC2)c1. The third kappa shape index (κ3) is 2.48. The molecule has 0 radical (unpaired) electrons. The minimum Gasteiger partial charge on any atom is -0.372 e. The number of hydrogen-bond donors (Lipinski definition) is 0. The number of carbonyl (C=O) groups excluding carboxylic acids is 2. The second-order valence-electron chi connectivity index (χ2n) is 6.61. The van der Waals surface area contributed by atoms with Gasteiger partial charge in [-0.25, -0.2) is 0 Å². The molecule has 122 valence electrons. The fourth-order valence-corrected chi connectivity index (χ4v) is 3.66. The number of imide groups is 1. The maximum absolute atomic E-state index is 12.5. The van der Waals surface area contributed by atoms with Crippen LogP contribution in [0, 0.1) is 6.92 Å². The monoisotopic (exact) mass is 320 g/mol. The Bertz CT molecular complexity index is 787. The lowest BCUT2D eigenvalue weighted by atomic mass is 10.1. The van der Waals surface area contributed by atoms with E-state index in [4.69, 9.17) is 0 Å². The van der Waals surface area contributed by atoms with Crippen LogP contribution in [0.5, 0.6) is 0 Å². The van der Waals surface area contributed by atoms with E-state index < -0.39 is 0 Å². The van der Waals surface area contributed by atoms with Crippen LogP contribution < -0.4 is 4.90 Å². The Hall–Kier alpha value is -2.62. The minimum atomic E-state index is -0.195. The number of nitrogens with zero attached hydrogens (tertiary/aromatic N) is 2. The van der Waals surface area contributed by atoms with Gasteiger partial charge in [0.25, 0.3) is 11.8 Å². The summed E-state index contributed by atoms with van der Waals surface area (Å²) >= 11 is 0. The molecule has 4 nitrogen and oxygen atoms in total. The lowest BCUT2D eigenvalue weighted by Crippen LogP contribution is -2.29. The second-order valence-corrected chi connectivity index (χ2v) is 6.61. The summed E-state index contributed by atoms with van der Waals surface area (Å²) in [7, 11) is 0. The van der Waals surface area contributed by atoms with E-state index in [1.54, 1.807) is 24.3 Å². The van der Waals surface area contributed by atoms with Crippen LogP contribution in [0.15, 0.2) is 42.5 Å². The number of hydrogen-bond acceptors (Lipinski definition) is 3. The quantitative estimate of drug-likeness (QED) is 0.814. The third-order valence-electron chi connectivity index (χ3n) is 4.81. The van der Waals surface area contributed by atoms with Gasteiger partial charge in [0.15, 0.2) is 0 Å². The number of amides is 2. The van der Waals surface area contributed by atoms with Gasteiger partial charge < -0.3 is 4.90 Å². The molecule has 2 aliphatic heterocycles. The largest absolute Gasteiger partial charge is 0.372 e. The predicted molar refractivity (Wildman–Crippen MR) is 93.3 cm³/mol. The van der Waals surface area contributed by atoms with Gasteiger partial charge in [-0.3, -0.25) is 14.5 Å². The van der Waals surface area contributed by atoms with Crippen molar-refractivity contribution in [1.82, 2.24) is 4.90 Å². The first-order chi connectivity index (χ1) is 11.6. The topological polar surface area (TPSA) is 40.6 Å². The first-order valence-electron chi connectivity index (χ1n) is 8.44. The Labute approximate surface area is 141 Å². The van der Waals surface area contributed by atoms with Crippen molar-refractivity contribution in [2.75, 3.05) is 18.0 Å². The van der Waals surface area contributed by atoms with Crippen LogP contribution in [0.2, 0.25) is 0 Å². The highest BCUT2D eigenvalue weighted by molar-refractivity contribution is 6.21.